The van der Waals surface area contributed by atoms with Crippen LogP contribution < -0.4 is 5.32 Å². The molecule has 0 saturated carbocycles. The van der Waals surface area contributed by atoms with Gasteiger partial charge in [0.1, 0.15) is 0 Å². The molecule has 0 fully saturated rings. The summed E-state index contributed by atoms with van der Waals surface area (Å²) >= 11 is 1.66. The van der Waals surface area contributed by atoms with Gasteiger partial charge in [0.05, 0.1) is 22.2 Å². The first kappa shape index (κ1) is 24.3. The van der Waals surface area contributed by atoms with Crippen molar-refractivity contribution in [3.8, 4) is 0 Å². The van der Waals surface area contributed by atoms with Crippen molar-refractivity contribution < 1.29 is 4.92 Å². The fraction of sp³-hybridized carbons (Fsp3) is 0.474. The van der Waals surface area contributed by atoms with Gasteiger partial charge in [-0.05, 0) is 38.7 Å². The summed E-state index contributed by atoms with van der Waals surface area (Å²) in [6.07, 6.45) is 2.86. The number of nitro groups is 1. The van der Waals surface area contributed by atoms with Crippen molar-refractivity contribution in [2.45, 2.75) is 39.7 Å². The number of hydrogen-bond donors (Lipinski definition) is 1. The van der Waals surface area contributed by atoms with E-state index in [1.54, 1.807) is 23.5 Å². The van der Waals surface area contributed by atoms with Crippen LogP contribution in [0.15, 0.2) is 34.6 Å². The molecular weight excluding hydrogens is 489 g/mol. The highest BCUT2D eigenvalue weighted by molar-refractivity contribution is 14.0. The molecule has 1 N–H and O–H groups in total. The molecule has 0 aliphatic heterocycles. The summed E-state index contributed by atoms with van der Waals surface area (Å²) in [5.41, 5.74) is 2.31. The van der Waals surface area contributed by atoms with Gasteiger partial charge in [0.15, 0.2) is 5.96 Å². The predicted molar refractivity (Wildman–Crippen MR) is 126 cm³/mol. The number of halogens is 1. The van der Waals surface area contributed by atoms with Crippen molar-refractivity contribution in [1.29, 1.82) is 0 Å². The van der Waals surface area contributed by atoms with Gasteiger partial charge >= 0.3 is 0 Å². The zero-order valence-corrected chi connectivity index (χ0v) is 19.7. The number of guanidine groups is 1. The number of rotatable bonds is 9. The van der Waals surface area contributed by atoms with Gasteiger partial charge in [-0.15, -0.1) is 35.3 Å². The number of aromatic nitrogens is 1. The molecule has 0 radical (unpaired) electrons. The van der Waals surface area contributed by atoms with Gasteiger partial charge in [0.2, 0.25) is 0 Å². The first-order valence-electron chi connectivity index (χ1n) is 9.13. The van der Waals surface area contributed by atoms with Crippen LogP contribution in [0.1, 0.15) is 36.0 Å². The third-order valence-electron chi connectivity index (χ3n) is 4.04. The molecule has 0 bridgehead atoms. The third-order valence-corrected chi connectivity index (χ3v) is 4.87. The van der Waals surface area contributed by atoms with Gasteiger partial charge in [0.25, 0.3) is 5.69 Å². The number of aryl methyl sites for hydroxylation is 2. The van der Waals surface area contributed by atoms with E-state index in [9.17, 15) is 10.1 Å². The molecule has 1 heterocycles. The van der Waals surface area contributed by atoms with Crippen LogP contribution >= 0.6 is 35.3 Å². The predicted octanol–water partition coefficient (Wildman–Crippen LogP) is 4.40. The molecule has 0 spiro atoms. The zero-order chi connectivity index (χ0) is 19.6. The molecule has 0 unspecified atom stereocenters. The van der Waals surface area contributed by atoms with Gasteiger partial charge < -0.3 is 10.2 Å². The zero-order valence-electron chi connectivity index (χ0n) is 16.6. The molecule has 2 aromatic rings. The minimum atomic E-state index is -0.371. The maximum atomic E-state index is 10.7. The maximum Gasteiger partial charge on any atom is 0.269 e. The molecular formula is C19H28IN5O2S. The molecule has 154 valence electrons. The van der Waals surface area contributed by atoms with E-state index in [1.807, 2.05) is 26.1 Å². The Morgan fingerprint density at radius 3 is 2.61 bits per heavy atom. The Hall–Kier alpha value is -1.75. The van der Waals surface area contributed by atoms with E-state index in [2.05, 4.69) is 27.5 Å². The van der Waals surface area contributed by atoms with Crippen LogP contribution in [-0.2, 0) is 13.0 Å². The Balaban J connectivity index is 0.00000392. The Kier molecular flexibility index (Phi) is 11.0. The van der Waals surface area contributed by atoms with Crippen molar-refractivity contribution in [2.75, 3.05) is 20.1 Å². The Morgan fingerprint density at radius 2 is 2.04 bits per heavy atom. The summed E-state index contributed by atoms with van der Waals surface area (Å²) in [5.74, 6) is 0.887. The molecule has 0 saturated heterocycles. The largest absolute Gasteiger partial charge is 0.357 e. The second-order valence-electron chi connectivity index (χ2n) is 6.33. The van der Waals surface area contributed by atoms with E-state index in [0.717, 1.165) is 61.1 Å². The minimum Gasteiger partial charge on any atom is -0.357 e. The number of nitrogens with one attached hydrogen (secondary N) is 1. The molecule has 0 amide bonds. The number of benzene rings is 1. The average molecular weight is 517 g/mol. The van der Waals surface area contributed by atoms with Gasteiger partial charge in [0, 0.05) is 37.6 Å². The molecule has 1 aromatic heterocycles. The topological polar surface area (TPSA) is 83.7 Å². The van der Waals surface area contributed by atoms with Gasteiger partial charge in [-0.1, -0.05) is 12.1 Å². The number of thiazole rings is 1. The van der Waals surface area contributed by atoms with Crippen molar-refractivity contribution in [3.05, 3.63) is 56.0 Å². The third kappa shape index (κ3) is 8.09. The second kappa shape index (κ2) is 12.7. The van der Waals surface area contributed by atoms with E-state index in [0.29, 0.717) is 0 Å². The molecule has 0 aliphatic rings. The first-order valence-corrected chi connectivity index (χ1v) is 10.0. The molecule has 9 heteroatoms. The fourth-order valence-corrected chi connectivity index (χ4v) is 3.28. The summed E-state index contributed by atoms with van der Waals surface area (Å²) in [5, 5.41) is 17.2. The lowest BCUT2D eigenvalue weighted by Crippen LogP contribution is -2.38. The lowest BCUT2D eigenvalue weighted by atomic mass is 10.1. The normalized spacial score (nSPS) is 11.0. The minimum absolute atomic E-state index is 0. The van der Waals surface area contributed by atoms with E-state index in [4.69, 9.17) is 4.99 Å². The van der Waals surface area contributed by atoms with Gasteiger partial charge in [-0.25, -0.2) is 4.98 Å². The summed E-state index contributed by atoms with van der Waals surface area (Å²) in [7, 11) is 2.02. The van der Waals surface area contributed by atoms with Crippen molar-refractivity contribution in [3.63, 3.8) is 0 Å². The van der Waals surface area contributed by atoms with Crippen molar-refractivity contribution >= 4 is 47.0 Å². The Labute approximate surface area is 187 Å². The summed E-state index contributed by atoms with van der Waals surface area (Å²) < 4.78 is 0. The molecule has 0 atom stereocenters. The van der Waals surface area contributed by atoms with Gasteiger partial charge in [-0.3, -0.25) is 15.1 Å². The second-order valence-corrected chi connectivity index (χ2v) is 7.39. The molecule has 7 nitrogen and oxygen atoms in total. The number of unbranched alkanes of at least 4 members (excludes halogenated alkanes) is 1. The van der Waals surface area contributed by atoms with Crippen LogP contribution in [-0.4, -0.2) is 40.9 Å². The number of non-ortho nitro benzene ring substituents is 1. The SMILES string of the molecule is CCNC(=NCCCCc1ccc([N+](=O)[O-])cc1)N(C)Cc1csc(C)n1.I. The van der Waals surface area contributed by atoms with E-state index >= 15 is 0 Å². The van der Waals surface area contributed by atoms with E-state index < -0.39 is 0 Å². The maximum absolute atomic E-state index is 10.7. The van der Waals surface area contributed by atoms with Crippen LogP contribution in [0.5, 0.6) is 0 Å². The van der Waals surface area contributed by atoms with Crippen molar-refractivity contribution in [2.24, 2.45) is 4.99 Å². The average Bonchev–Trinajstić information content (AvgIpc) is 3.05. The molecule has 2 rings (SSSR count). The number of nitrogens with zero attached hydrogens (tertiary/aromatic N) is 4. The molecule has 28 heavy (non-hydrogen) atoms. The highest BCUT2D eigenvalue weighted by Crippen LogP contribution is 2.14. The Bertz CT molecular complexity index is 764. The van der Waals surface area contributed by atoms with Crippen LogP contribution in [0.25, 0.3) is 0 Å². The smallest absolute Gasteiger partial charge is 0.269 e. The van der Waals surface area contributed by atoms with Crippen LogP contribution in [0.4, 0.5) is 5.69 Å². The summed E-state index contributed by atoms with van der Waals surface area (Å²) in [6.45, 7) is 6.38. The lowest BCUT2D eigenvalue weighted by molar-refractivity contribution is -0.384. The Morgan fingerprint density at radius 1 is 1.32 bits per heavy atom. The summed E-state index contributed by atoms with van der Waals surface area (Å²) in [6, 6.07) is 6.78. The number of aliphatic imine (C=N–C) groups is 1. The lowest BCUT2D eigenvalue weighted by Gasteiger charge is -2.21. The quantitative estimate of drug-likeness (QED) is 0.133. The highest BCUT2D eigenvalue weighted by atomic mass is 127. The highest BCUT2D eigenvalue weighted by Gasteiger charge is 2.08. The summed E-state index contributed by atoms with van der Waals surface area (Å²) in [4.78, 5) is 21.6. The van der Waals surface area contributed by atoms with E-state index in [-0.39, 0.29) is 34.6 Å². The number of nitro benzene ring substituents is 1. The molecule has 0 aliphatic carbocycles. The monoisotopic (exact) mass is 517 g/mol. The van der Waals surface area contributed by atoms with Gasteiger partial charge in [-0.2, -0.15) is 0 Å². The fourth-order valence-electron chi connectivity index (χ4n) is 2.68. The van der Waals surface area contributed by atoms with Crippen LogP contribution in [0.3, 0.4) is 0 Å². The van der Waals surface area contributed by atoms with E-state index in [1.165, 1.54) is 0 Å². The van der Waals surface area contributed by atoms with Crippen LogP contribution in [0, 0.1) is 17.0 Å². The standard InChI is InChI=1S/C19H27N5O2S.HI/c1-4-20-19(23(3)13-17-14-27-15(2)22-17)21-12-6-5-7-16-8-10-18(11-9-16)24(25)26;/h8-11,14H,4-7,12-13H2,1-3H3,(H,20,21);1H. The first-order chi connectivity index (χ1) is 13.0. The number of hydrogen-bond acceptors (Lipinski definition) is 5. The van der Waals surface area contributed by atoms with Crippen molar-refractivity contribution in [1.82, 2.24) is 15.2 Å². The van der Waals surface area contributed by atoms with Crippen LogP contribution in [0.2, 0.25) is 0 Å². The molecule has 1 aromatic carbocycles.